The summed E-state index contributed by atoms with van der Waals surface area (Å²) in [6, 6.07) is 5.72. The van der Waals surface area contributed by atoms with Crippen molar-refractivity contribution in [2.45, 2.75) is 58.0 Å². The van der Waals surface area contributed by atoms with E-state index in [0.29, 0.717) is 6.04 Å². The second kappa shape index (κ2) is 6.90. The fourth-order valence-electron chi connectivity index (χ4n) is 2.98. The van der Waals surface area contributed by atoms with Gasteiger partial charge in [-0.15, -0.1) is 0 Å². The van der Waals surface area contributed by atoms with Gasteiger partial charge in [-0.3, -0.25) is 4.98 Å². The molecule has 0 amide bonds. The molecule has 0 spiro atoms. The minimum atomic E-state index is 0.682. The molecule has 1 aromatic heterocycles. The van der Waals surface area contributed by atoms with E-state index in [-0.39, 0.29) is 0 Å². The van der Waals surface area contributed by atoms with Crippen LogP contribution in [0.2, 0.25) is 0 Å². The zero-order chi connectivity index (χ0) is 13.7. The van der Waals surface area contributed by atoms with Gasteiger partial charge in [0.25, 0.3) is 0 Å². The number of anilines is 1. The number of aromatic nitrogens is 1. The van der Waals surface area contributed by atoms with Gasteiger partial charge in [0.1, 0.15) is 0 Å². The standard InChI is InChI=1S/C16H27N3/c1-4-10-18-14-5-7-15(8-6-14)19(3)16-9-11-17-13(2)12-16/h9,11-12,14-15,18H,4-8,10H2,1-3H3. The van der Waals surface area contributed by atoms with Crippen LogP contribution < -0.4 is 10.2 Å². The summed E-state index contributed by atoms with van der Waals surface area (Å²) in [5, 5.41) is 3.65. The molecule has 1 heterocycles. The molecule has 3 heteroatoms. The van der Waals surface area contributed by atoms with Crippen LogP contribution in [0, 0.1) is 6.92 Å². The Bertz CT molecular complexity index is 383. The largest absolute Gasteiger partial charge is 0.372 e. The topological polar surface area (TPSA) is 28.2 Å². The molecule has 1 aromatic rings. The average Bonchev–Trinajstić information content (AvgIpc) is 2.45. The molecule has 19 heavy (non-hydrogen) atoms. The van der Waals surface area contributed by atoms with Crippen molar-refractivity contribution in [3.63, 3.8) is 0 Å². The molecular formula is C16H27N3. The Hall–Kier alpha value is -1.09. The summed E-state index contributed by atoms with van der Waals surface area (Å²) in [5.41, 5.74) is 2.40. The van der Waals surface area contributed by atoms with Crippen LogP contribution in [0.3, 0.4) is 0 Å². The average molecular weight is 261 g/mol. The summed E-state index contributed by atoms with van der Waals surface area (Å²) in [5.74, 6) is 0. The predicted octanol–water partition coefficient (Wildman–Crippen LogP) is 3.14. The Balaban J connectivity index is 1.87. The van der Waals surface area contributed by atoms with E-state index in [1.807, 2.05) is 6.20 Å². The summed E-state index contributed by atoms with van der Waals surface area (Å²) in [6.07, 6.45) is 8.34. The van der Waals surface area contributed by atoms with Gasteiger partial charge in [0, 0.05) is 36.7 Å². The third kappa shape index (κ3) is 3.93. The lowest BCUT2D eigenvalue weighted by atomic mass is 9.90. The van der Waals surface area contributed by atoms with E-state index >= 15 is 0 Å². The van der Waals surface area contributed by atoms with Crippen LogP contribution in [-0.2, 0) is 0 Å². The molecule has 2 rings (SSSR count). The van der Waals surface area contributed by atoms with E-state index < -0.39 is 0 Å². The van der Waals surface area contributed by atoms with Crippen LogP contribution in [0.25, 0.3) is 0 Å². The first kappa shape index (κ1) is 14.3. The van der Waals surface area contributed by atoms with Gasteiger partial charge in [0.2, 0.25) is 0 Å². The van der Waals surface area contributed by atoms with Crippen molar-refractivity contribution < 1.29 is 0 Å². The van der Waals surface area contributed by atoms with Crippen molar-refractivity contribution >= 4 is 5.69 Å². The van der Waals surface area contributed by atoms with Crippen molar-refractivity contribution in [3.05, 3.63) is 24.0 Å². The van der Waals surface area contributed by atoms with Gasteiger partial charge >= 0.3 is 0 Å². The second-order valence-corrected chi connectivity index (χ2v) is 5.73. The third-order valence-corrected chi connectivity index (χ3v) is 4.21. The van der Waals surface area contributed by atoms with Gasteiger partial charge in [0.15, 0.2) is 0 Å². The zero-order valence-electron chi connectivity index (χ0n) is 12.5. The highest BCUT2D eigenvalue weighted by molar-refractivity contribution is 5.46. The highest BCUT2D eigenvalue weighted by atomic mass is 15.1. The maximum Gasteiger partial charge on any atom is 0.0399 e. The molecule has 0 aliphatic heterocycles. The lowest BCUT2D eigenvalue weighted by Gasteiger charge is -2.36. The van der Waals surface area contributed by atoms with Gasteiger partial charge in [0.05, 0.1) is 0 Å². The monoisotopic (exact) mass is 261 g/mol. The number of rotatable bonds is 5. The predicted molar refractivity (Wildman–Crippen MR) is 81.7 cm³/mol. The Morgan fingerprint density at radius 2 is 2.05 bits per heavy atom. The molecule has 1 saturated carbocycles. The number of nitrogens with zero attached hydrogens (tertiary/aromatic N) is 2. The van der Waals surface area contributed by atoms with E-state index in [9.17, 15) is 0 Å². The van der Waals surface area contributed by atoms with Crippen molar-refractivity contribution in [2.24, 2.45) is 0 Å². The van der Waals surface area contributed by atoms with Crippen LogP contribution in [0.1, 0.15) is 44.7 Å². The Kier molecular flexibility index (Phi) is 5.20. The van der Waals surface area contributed by atoms with Crippen LogP contribution >= 0.6 is 0 Å². The van der Waals surface area contributed by atoms with Gasteiger partial charge in [-0.05, 0) is 57.7 Å². The van der Waals surface area contributed by atoms with Crippen molar-refractivity contribution in [1.29, 1.82) is 0 Å². The fraction of sp³-hybridized carbons (Fsp3) is 0.688. The molecule has 0 radical (unpaired) electrons. The SMILES string of the molecule is CCCNC1CCC(N(C)c2ccnc(C)c2)CC1. The molecular weight excluding hydrogens is 234 g/mol. The molecule has 1 aliphatic carbocycles. The zero-order valence-corrected chi connectivity index (χ0v) is 12.5. The van der Waals surface area contributed by atoms with E-state index in [0.717, 1.165) is 18.3 Å². The molecule has 1 N–H and O–H groups in total. The maximum absolute atomic E-state index is 4.28. The molecule has 3 nitrogen and oxygen atoms in total. The number of aryl methyl sites for hydroxylation is 1. The third-order valence-electron chi connectivity index (χ3n) is 4.21. The first-order chi connectivity index (χ1) is 9.20. The van der Waals surface area contributed by atoms with E-state index in [1.165, 1.54) is 37.8 Å². The van der Waals surface area contributed by atoms with Crippen LogP contribution in [-0.4, -0.2) is 30.7 Å². The molecule has 1 fully saturated rings. The number of hydrogen-bond donors (Lipinski definition) is 1. The summed E-state index contributed by atoms with van der Waals surface area (Å²) in [6.45, 7) is 5.45. The highest BCUT2D eigenvalue weighted by Gasteiger charge is 2.23. The first-order valence-electron chi connectivity index (χ1n) is 7.59. The van der Waals surface area contributed by atoms with Crippen molar-refractivity contribution in [1.82, 2.24) is 10.3 Å². The molecule has 0 saturated heterocycles. The smallest absolute Gasteiger partial charge is 0.0399 e. The highest BCUT2D eigenvalue weighted by Crippen LogP contribution is 2.26. The second-order valence-electron chi connectivity index (χ2n) is 5.73. The minimum absolute atomic E-state index is 0.682. The summed E-state index contributed by atoms with van der Waals surface area (Å²) >= 11 is 0. The van der Waals surface area contributed by atoms with Crippen molar-refractivity contribution in [2.75, 3.05) is 18.5 Å². The van der Waals surface area contributed by atoms with Gasteiger partial charge in [-0.1, -0.05) is 6.92 Å². The van der Waals surface area contributed by atoms with E-state index in [2.05, 4.69) is 48.2 Å². The Morgan fingerprint density at radius 3 is 2.68 bits per heavy atom. The molecule has 0 atom stereocenters. The number of nitrogens with one attached hydrogen (secondary N) is 1. The first-order valence-corrected chi connectivity index (χ1v) is 7.59. The van der Waals surface area contributed by atoms with Crippen LogP contribution in [0.15, 0.2) is 18.3 Å². The Labute approximate surface area is 117 Å². The lowest BCUT2D eigenvalue weighted by Crippen LogP contribution is -2.41. The maximum atomic E-state index is 4.28. The fourth-order valence-corrected chi connectivity index (χ4v) is 2.98. The normalized spacial score (nSPS) is 23.3. The van der Waals surface area contributed by atoms with Crippen molar-refractivity contribution in [3.8, 4) is 0 Å². The van der Waals surface area contributed by atoms with E-state index in [1.54, 1.807) is 0 Å². The van der Waals surface area contributed by atoms with Crippen LogP contribution in [0.4, 0.5) is 5.69 Å². The van der Waals surface area contributed by atoms with Gasteiger partial charge in [-0.25, -0.2) is 0 Å². The molecule has 0 unspecified atom stereocenters. The molecule has 106 valence electrons. The minimum Gasteiger partial charge on any atom is -0.372 e. The Morgan fingerprint density at radius 1 is 1.32 bits per heavy atom. The summed E-state index contributed by atoms with van der Waals surface area (Å²) in [7, 11) is 2.22. The quantitative estimate of drug-likeness (QED) is 0.882. The molecule has 0 bridgehead atoms. The van der Waals surface area contributed by atoms with Crippen LogP contribution in [0.5, 0.6) is 0 Å². The van der Waals surface area contributed by atoms with E-state index in [4.69, 9.17) is 0 Å². The summed E-state index contributed by atoms with van der Waals surface area (Å²) in [4.78, 5) is 6.71. The molecule has 0 aromatic carbocycles. The number of pyridine rings is 1. The van der Waals surface area contributed by atoms with Gasteiger partial charge < -0.3 is 10.2 Å². The van der Waals surface area contributed by atoms with Gasteiger partial charge in [-0.2, -0.15) is 0 Å². The lowest BCUT2D eigenvalue weighted by molar-refractivity contribution is 0.337. The molecule has 1 aliphatic rings. The summed E-state index contributed by atoms with van der Waals surface area (Å²) < 4.78 is 0. The number of hydrogen-bond acceptors (Lipinski definition) is 3.